The molecule has 12 heteroatoms. The summed E-state index contributed by atoms with van der Waals surface area (Å²) in [5, 5.41) is 29.5. The largest absolute Gasteiger partial charge is 0.508 e. The zero-order chi connectivity index (χ0) is 33.8. The van der Waals surface area contributed by atoms with E-state index in [0.717, 1.165) is 10.9 Å². The van der Waals surface area contributed by atoms with Crippen LogP contribution in [0.4, 0.5) is 0 Å². The SMILES string of the molecule is COc1ccc2c(c1)c(CC(=O)O)c(C)n2C(=O)C1CCOCC1.Cc1c(CC(=O)O)c2cc(O)ccc2n1C(=O)C1CCOCC1. The number of hydrogen-bond donors (Lipinski definition) is 3. The number of phenolic OH excluding ortho intramolecular Hbond substituents is 1. The number of carbonyl (C=O) groups excluding carboxylic acids is 2. The Labute approximate surface area is 271 Å². The fourth-order valence-corrected chi connectivity index (χ4v) is 6.63. The summed E-state index contributed by atoms with van der Waals surface area (Å²) >= 11 is 0. The summed E-state index contributed by atoms with van der Waals surface area (Å²) < 4.78 is 19.2. The third kappa shape index (κ3) is 7.03. The van der Waals surface area contributed by atoms with Crippen molar-refractivity contribution in [3.63, 3.8) is 0 Å². The number of carbonyl (C=O) groups is 4. The molecular weight excluding hydrogens is 608 g/mol. The molecule has 0 saturated carbocycles. The first-order valence-corrected chi connectivity index (χ1v) is 15.7. The van der Waals surface area contributed by atoms with Crippen molar-refractivity contribution >= 4 is 45.6 Å². The molecule has 0 bridgehead atoms. The Morgan fingerprint density at radius 1 is 0.723 bits per heavy atom. The topological polar surface area (TPSA) is 167 Å². The minimum absolute atomic E-state index is 0.0163. The standard InChI is InChI=1S/C18H21NO5.C17H19NO5/c1-11-14(10-17(20)21)15-9-13(23-2)3-4-16(15)19(11)18(22)12-5-7-24-8-6-12;1-10-13(9-16(20)21)14-8-12(19)2-3-15(14)18(10)17(22)11-4-6-23-7-5-11/h3-4,9,12H,5-8,10H2,1-2H3,(H,20,21);2-3,8,11,19H,4-7,9H2,1H3,(H,20,21). The van der Waals surface area contributed by atoms with Gasteiger partial charge < -0.3 is 29.5 Å². The van der Waals surface area contributed by atoms with Gasteiger partial charge in [0.2, 0.25) is 11.8 Å². The number of benzene rings is 2. The second kappa shape index (κ2) is 14.4. The monoisotopic (exact) mass is 648 g/mol. The van der Waals surface area contributed by atoms with Crippen LogP contribution in [0.3, 0.4) is 0 Å². The van der Waals surface area contributed by atoms with Gasteiger partial charge in [-0.05, 0) is 87.1 Å². The number of carboxylic acid groups (broad SMARTS) is 2. The lowest BCUT2D eigenvalue weighted by Gasteiger charge is -2.22. The summed E-state index contributed by atoms with van der Waals surface area (Å²) in [6.07, 6.45) is 2.43. The van der Waals surface area contributed by atoms with Gasteiger partial charge in [0, 0.05) is 60.4 Å². The molecule has 2 aliphatic heterocycles. The Balaban J connectivity index is 0.000000185. The Morgan fingerprint density at radius 2 is 1.15 bits per heavy atom. The van der Waals surface area contributed by atoms with Crippen molar-refractivity contribution in [2.45, 2.75) is 52.4 Å². The fraction of sp³-hybridized carbons (Fsp3) is 0.429. The minimum Gasteiger partial charge on any atom is -0.508 e. The number of aromatic hydroxyl groups is 1. The molecular formula is C35H40N2O10. The molecule has 0 spiro atoms. The summed E-state index contributed by atoms with van der Waals surface area (Å²) in [6, 6.07) is 10.1. The maximum absolute atomic E-state index is 13.0. The summed E-state index contributed by atoms with van der Waals surface area (Å²) in [5.41, 5.74) is 3.94. The molecule has 4 aromatic rings. The molecule has 47 heavy (non-hydrogen) atoms. The van der Waals surface area contributed by atoms with Crippen molar-refractivity contribution < 1.29 is 48.7 Å². The smallest absolute Gasteiger partial charge is 0.307 e. The van der Waals surface area contributed by atoms with Crippen molar-refractivity contribution in [3.8, 4) is 11.5 Å². The lowest BCUT2D eigenvalue weighted by molar-refractivity contribution is -0.137. The number of ether oxygens (including phenoxy) is 3. The summed E-state index contributed by atoms with van der Waals surface area (Å²) in [4.78, 5) is 48.3. The highest BCUT2D eigenvalue weighted by Gasteiger charge is 2.29. The van der Waals surface area contributed by atoms with E-state index in [1.807, 2.05) is 13.0 Å². The third-order valence-corrected chi connectivity index (χ3v) is 9.10. The maximum atomic E-state index is 13.0. The number of aromatic nitrogens is 2. The number of aliphatic carboxylic acids is 2. The van der Waals surface area contributed by atoms with Crippen LogP contribution in [0.1, 0.15) is 57.8 Å². The number of rotatable bonds is 7. The van der Waals surface area contributed by atoms with Crippen LogP contribution >= 0.6 is 0 Å². The molecule has 0 atom stereocenters. The predicted molar refractivity (Wildman–Crippen MR) is 173 cm³/mol. The molecule has 2 aliphatic rings. The van der Waals surface area contributed by atoms with E-state index in [-0.39, 0.29) is 42.2 Å². The van der Waals surface area contributed by atoms with E-state index in [1.165, 1.54) is 12.1 Å². The molecule has 2 aromatic heterocycles. The van der Waals surface area contributed by atoms with Gasteiger partial charge in [-0.25, -0.2) is 0 Å². The van der Waals surface area contributed by atoms with E-state index in [9.17, 15) is 29.4 Å². The number of hydrogen-bond acceptors (Lipinski definition) is 8. The van der Waals surface area contributed by atoms with Crippen molar-refractivity contribution in [2.75, 3.05) is 33.5 Å². The Bertz CT molecular complexity index is 1820. The first-order valence-electron chi connectivity index (χ1n) is 15.7. The number of phenols is 1. The lowest BCUT2D eigenvalue weighted by atomic mass is 9.99. The maximum Gasteiger partial charge on any atom is 0.307 e. The normalized spacial score (nSPS) is 15.7. The van der Waals surface area contributed by atoms with E-state index >= 15 is 0 Å². The van der Waals surface area contributed by atoms with Crippen LogP contribution in [0.15, 0.2) is 36.4 Å². The Kier molecular flexibility index (Phi) is 10.3. The van der Waals surface area contributed by atoms with E-state index in [0.29, 0.717) is 91.3 Å². The molecule has 2 saturated heterocycles. The van der Waals surface area contributed by atoms with Crippen LogP contribution in [0.25, 0.3) is 21.8 Å². The molecule has 12 nitrogen and oxygen atoms in total. The summed E-state index contributed by atoms with van der Waals surface area (Å²) in [6.45, 7) is 5.87. The van der Waals surface area contributed by atoms with Crippen molar-refractivity contribution in [3.05, 3.63) is 58.9 Å². The van der Waals surface area contributed by atoms with Gasteiger partial charge in [-0.1, -0.05) is 0 Å². The zero-order valence-corrected chi connectivity index (χ0v) is 26.8. The molecule has 2 aromatic carbocycles. The van der Waals surface area contributed by atoms with Crippen LogP contribution in [0.5, 0.6) is 11.5 Å². The second-order valence-electron chi connectivity index (χ2n) is 12.0. The van der Waals surface area contributed by atoms with E-state index < -0.39 is 11.9 Å². The number of carboxylic acids is 2. The number of nitrogens with zero attached hydrogens (tertiary/aromatic N) is 2. The fourth-order valence-electron chi connectivity index (χ4n) is 6.63. The van der Waals surface area contributed by atoms with Gasteiger partial charge in [0.1, 0.15) is 11.5 Å². The highest BCUT2D eigenvalue weighted by atomic mass is 16.5. The molecule has 250 valence electrons. The van der Waals surface area contributed by atoms with Crippen LogP contribution in [0.2, 0.25) is 0 Å². The average Bonchev–Trinajstić information content (AvgIpc) is 3.49. The molecule has 4 heterocycles. The lowest BCUT2D eigenvalue weighted by Crippen LogP contribution is -2.28. The summed E-state index contributed by atoms with van der Waals surface area (Å²) in [7, 11) is 1.56. The first kappa shape index (κ1) is 33.7. The predicted octanol–water partition coefficient (Wildman–Crippen LogP) is 5.00. The molecule has 0 aliphatic carbocycles. The van der Waals surface area contributed by atoms with Crippen LogP contribution in [-0.4, -0.2) is 81.7 Å². The van der Waals surface area contributed by atoms with Gasteiger partial charge in [0.05, 0.1) is 31.0 Å². The van der Waals surface area contributed by atoms with Crippen LogP contribution in [-0.2, 0) is 31.9 Å². The Hall–Kier alpha value is -4.68. The molecule has 3 N–H and O–H groups in total. The molecule has 0 radical (unpaired) electrons. The van der Waals surface area contributed by atoms with Gasteiger partial charge >= 0.3 is 11.9 Å². The van der Waals surface area contributed by atoms with E-state index in [1.54, 1.807) is 41.4 Å². The molecule has 2 fully saturated rings. The number of fused-ring (bicyclic) bond motifs is 2. The van der Waals surface area contributed by atoms with Crippen LogP contribution < -0.4 is 4.74 Å². The van der Waals surface area contributed by atoms with E-state index in [4.69, 9.17) is 19.3 Å². The highest BCUT2D eigenvalue weighted by Crippen LogP contribution is 2.33. The van der Waals surface area contributed by atoms with Gasteiger partial charge in [-0.15, -0.1) is 0 Å². The van der Waals surface area contributed by atoms with Gasteiger partial charge in [-0.3, -0.25) is 28.3 Å². The van der Waals surface area contributed by atoms with Crippen molar-refractivity contribution in [2.24, 2.45) is 11.8 Å². The average molecular weight is 649 g/mol. The van der Waals surface area contributed by atoms with E-state index in [2.05, 4.69) is 0 Å². The zero-order valence-electron chi connectivity index (χ0n) is 26.8. The summed E-state index contributed by atoms with van der Waals surface area (Å²) in [5.74, 6) is -1.41. The highest BCUT2D eigenvalue weighted by molar-refractivity contribution is 6.00. The Morgan fingerprint density at radius 3 is 1.57 bits per heavy atom. The molecule has 0 amide bonds. The number of methoxy groups -OCH3 is 1. The second-order valence-corrected chi connectivity index (χ2v) is 12.0. The van der Waals surface area contributed by atoms with Gasteiger partial charge in [-0.2, -0.15) is 0 Å². The quantitative estimate of drug-likeness (QED) is 0.248. The van der Waals surface area contributed by atoms with Crippen molar-refractivity contribution in [1.82, 2.24) is 9.13 Å². The van der Waals surface area contributed by atoms with Crippen LogP contribution in [0, 0.1) is 25.7 Å². The third-order valence-electron chi connectivity index (χ3n) is 9.10. The van der Waals surface area contributed by atoms with Gasteiger partial charge in [0.25, 0.3) is 0 Å². The first-order chi connectivity index (χ1) is 22.5. The van der Waals surface area contributed by atoms with Crippen molar-refractivity contribution in [1.29, 1.82) is 0 Å². The minimum atomic E-state index is -0.964. The molecule has 6 rings (SSSR count). The molecule has 0 unspecified atom stereocenters. The van der Waals surface area contributed by atoms with Gasteiger partial charge in [0.15, 0.2) is 0 Å².